The maximum Gasteiger partial charge on any atom is 0.220 e. The zero-order valence-electron chi connectivity index (χ0n) is 12.4. The van der Waals surface area contributed by atoms with Gasteiger partial charge < -0.3 is 10.6 Å². The molecule has 2 atom stereocenters. The van der Waals surface area contributed by atoms with Crippen LogP contribution in [0.5, 0.6) is 0 Å². The lowest BCUT2D eigenvalue weighted by Gasteiger charge is -2.18. The van der Waals surface area contributed by atoms with Gasteiger partial charge in [0.05, 0.1) is 6.04 Å². The van der Waals surface area contributed by atoms with E-state index in [1.807, 2.05) is 24.3 Å². The third kappa shape index (κ3) is 5.85. The first-order valence-corrected chi connectivity index (χ1v) is 7.85. The normalized spacial score (nSPS) is 18.9. The van der Waals surface area contributed by atoms with Crippen LogP contribution in [0, 0.1) is 0 Å². The Morgan fingerprint density at radius 2 is 2.14 bits per heavy atom. The SMILES string of the molecule is CCC(NC(=O)CCC1CCCN1)c1ccc(Cl)cc1.Cl. The fraction of sp³-hybridized carbons (Fsp3) is 0.562. The summed E-state index contributed by atoms with van der Waals surface area (Å²) in [4.78, 5) is 12.0. The molecule has 0 saturated carbocycles. The molecule has 2 unspecified atom stereocenters. The summed E-state index contributed by atoms with van der Waals surface area (Å²) in [6.07, 6.45) is 4.84. The highest BCUT2D eigenvalue weighted by Crippen LogP contribution is 2.19. The van der Waals surface area contributed by atoms with Crippen LogP contribution in [0.1, 0.15) is 50.6 Å². The second-order valence-corrected chi connectivity index (χ2v) is 5.85. The molecule has 0 aliphatic carbocycles. The summed E-state index contributed by atoms with van der Waals surface area (Å²) in [7, 11) is 0. The van der Waals surface area contributed by atoms with E-state index in [2.05, 4.69) is 17.6 Å². The van der Waals surface area contributed by atoms with Crippen LogP contribution < -0.4 is 10.6 Å². The van der Waals surface area contributed by atoms with Gasteiger partial charge in [-0.2, -0.15) is 0 Å². The number of rotatable bonds is 6. The molecule has 118 valence electrons. The van der Waals surface area contributed by atoms with E-state index < -0.39 is 0 Å². The Kier molecular flexibility index (Phi) is 8.09. The molecule has 2 N–H and O–H groups in total. The lowest BCUT2D eigenvalue weighted by atomic mass is 10.0. The molecule has 1 amide bonds. The van der Waals surface area contributed by atoms with Gasteiger partial charge in [-0.25, -0.2) is 0 Å². The summed E-state index contributed by atoms with van der Waals surface area (Å²) in [5.74, 6) is 0.139. The number of hydrogen-bond donors (Lipinski definition) is 2. The largest absolute Gasteiger partial charge is 0.349 e. The van der Waals surface area contributed by atoms with Crippen molar-refractivity contribution in [3.63, 3.8) is 0 Å². The lowest BCUT2D eigenvalue weighted by Crippen LogP contribution is -2.30. The minimum atomic E-state index is 0. The van der Waals surface area contributed by atoms with Gasteiger partial charge in [-0.3, -0.25) is 4.79 Å². The molecule has 0 bridgehead atoms. The third-order valence-electron chi connectivity index (χ3n) is 3.90. The average molecular weight is 331 g/mol. The number of benzene rings is 1. The lowest BCUT2D eigenvalue weighted by molar-refractivity contribution is -0.122. The van der Waals surface area contributed by atoms with Gasteiger partial charge in [0.2, 0.25) is 5.91 Å². The van der Waals surface area contributed by atoms with Crippen LogP contribution in [-0.4, -0.2) is 18.5 Å². The number of amides is 1. The van der Waals surface area contributed by atoms with E-state index in [0.29, 0.717) is 12.5 Å². The van der Waals surface area contributed by atoms with E-state index in [1.54, 1.807) is 0 Å². The standard InChI is InChI=1S/C16H23ClN2O.ClH/c1-2-15(12-5-7-13(17)8-6-12)19-16(20)10-9-14-4-3-11-18-14;/h5-8,14-15,18H,2-4,9-11H2,1H3,(H,19,20);1H. The number of nitrogens with one attached hydrogen (secondary N) is 2. The van der Waals surface area contributed by atoms with Gasteiger partial charge in [0, 0.05) is 17.5 Å². The molecule has 1 aromatic carbocycles. The predicted molar refractivity (Wildman–Crippen MR) is 90.1 cm³/mol. The van der Waals surface area contributed by atoms with Crippen LogP contribution in [0.2, 0.25) is 5.02 Å². The fourth-order valence-corrected chi connectivity index (χ4v) is 2.82. The number of halogens is 2. The van der Waals surface area contributed by atoms with E-state index in [9.17, 15) is 4.79 Å². The molecule has 1 heterocycles. The molecule has 21 heavy (non-hydrogen) atoms. The third-order valence-corrected chi connectivity index (χ3v) is 4.15. The van der Waals surface area contributed by atoms with Gasteiger partial charge in [-0.05, 0) is 49.9 Å². The average Bonchev–Trinajstić information content (AvgIpc) is 2.97. The van der Waals surface area contributed by atoms with E-state index >= 15 is 0 Å². The molecule has 0 radical (unpaired) electrons. The zero-order valence-corrected chi connectivity index (χ0v) is 14.0. The number of carbonyl (C=O) groups excluding carboxylic acids is 1. The highest BCUT2D eigenvalue weighted by Gasteiger charge is 2.17. The first-order chi connectivity index (χ1) is 9.69. The Morgan fingerprint density at radius 1 is 1.43 bits per heavy atom. The number of hydrogen-bond acceptors (Lipinski definition) is 2. The van der Waals surface area contributed by atoms with E-state index in [-0.39, 0.29) is 24.4 Å². The van der Waals surface area contributed by atoms with Crippen molar-refractivity contribution in [3.8, 4) is 0 Å². The van der Waals surface area contributed by atoms with Gasteiger partial charge in [-0.1, -0.05) is 30.7 Å². The minimum absolute atomic E-state index is 0. The van der Waals surface area contributed by atoms with Crippen molar-refractivity contribution in [1.82, 2.24) is 10.6 Å². The molecule has 1 saturated heterocycles. The van der Waals surface area contributed by atoms with Gasteiger partial charge >= 0.3 is 0 Å². The fourth-order valence-electron chi connectivity index (χ4n) is 2.69. The second kappa shape index (κ2) is 9.29. The monoisotopic (exact) mass is 330 g/mol. The van der Waals surface area contributed by atoms with Crippen LogP contribution in [-0.2, 0) is 4.79 Å². The molecule has 1 fully saturated rings. The van der Waals surface area contributed by atoms with Gasteiger partial charge in [-0.15, -0.1) is 12.4 Å². The Bertz CT molecular complexity index is 430. The first-order valence-electron chi connectivity index (χ1n) is 7.47. The summed E-state index contributed by atoms with van der Waals surface area (Å²) in [6.45, 7) is 3.17. The minimum Gasteiger partial charge on any atom is -0.349 e. The van der Waals surface area contributed by atoms with E-state index in [4.69, 9.17) is 11.6 Å². The maximum absolute atomic E-state index is 12.0. The molecule has 0 aromatic heterocycles. The zero-order chi connectivity index (χ0) is 14.4. The summed E-state index contributed by atoms with van der Waals surface area (Å²) in [5.41, 5.74) is 1.12. The summed E-state index contributed by atoms with van der Waals surface area (Å²) in [5, 5.41) is 7.26. The molecule has 5 heteroatoms. The van der Waals surface area contributed by atoms with Crippen molar-refractivity contribution in [1.29, 1.82) is 0 Å². The van der Waals surface area contributed by atoms with Crippen molar-refractivity contribution in [3.05, 3.63) is 34.9 Å². The Morgan fingerprint density at radius 3 is 2.71 bits per heavy atom. The van der Waals surface area contributed by atoms with Crippen LogP contribution in [0.25, 0.3) is 0 Å². The van der Waals surface area contributed by atoms with Crippen LogP contribution in [0.4, 0.5) is 0 Å². The van der Waals surface area contributed by atoms with Crippen molar-refractivity contribution < 1.29 is 4.79 Å². The molecular weight excluding hydrogens is 307 g/mol. The van der Waals surface area contributed by atoms with Crippen molar-refractivity contribution >= 4 is 29.9 Å². The smallest absolute Gasteiger partial charge is 0.220 e. The Hall–Kier alpha value is -0.770. The molecule has 3 nitrogen and oxygen atoms in total. The number of carbonyl (C=O) groups is 1. The van der Waals surface area contributed by atoms with E-state index in [1.165, 1.54) is 12.8 Å². The Balaban J connectivity index is 0.00000220. The maximum atomic E-state index is 12.0. The highest BCUT2D eigenvalue weighted by atomic mass is 35.5. The van der Waals surface area contributed by atoms with Crippen molar-refractivity contribution in [2.24, 2.45) is 0 Å². The highest BCUT2D eigenvalue weighted by molar-refractivity contribution is 6.30. The van der Waals surface area contributed by atoms with Crippen LogP contribution in [0.3, 0.4) is 0 Å². The first kappa shape index (κ1) is 18.3. The predicted octanol–water partition coefficient (Wildman–Crippen LogP) is 3.86. The topological polar surface area (TPSA) is 41.1 Å². The second-order valence-electron chi connectivity index (χ2n) is 5.41. The van der Waals surface area contributed by atoms with Crippen molar-refractivity contribution in [2.45, 2.75) is 51.1 Å². The molecular formula is C16H24Cl2N2O. The van der Waals surface area contributed by atoms with Crippen molar-refractivity contribution in [2.75, 3.05) is 6.54 Å². The molecule has 1 aromatic rings. The summed E-state index contributed by atoms with van der Waals surface area (Å²) >= 11 is 5.89. The molecule has 2 rings (SSSR count). The molecule has 0 spiro atoms. The van der Waals surface area contributed by atoms with Crippen LogP contribution in [0.15, 0.2) is 24.3 Å². The summed E-state index contributed by atoms with van der Waals surface area (Å²) in [6, 6.07) is 8.31. The van der Waals surface area contributed by atoms with Gasteiger partial charge in [0.15, 0.2) is 0 Å². The van der Waals surface area contributed by atoms with E-state index in [0.717, 1.165) is 30.0 Å². The van der Waals surface area contributed by atoms with Gasteiger partial charge in [0.25, 0.3) is 0 Å². The van der Waals surface area contributed by atoms with Crippen LogP contribution >= 0.6 is 24.0 Å². The summed E-state index contributed by atoms with van der Waals surface area (Å²) < 4.78 is 0. The quantitative estimate of drug-likeness (QED) is 0.831. The molecule has 1 aliphatic rings. The van der Waals surface area contributed by atoms with Gasteiger partial charge in [0.1, 0.15) is 0 Å². The Labute approximate surface area is 138 Å². The molecule has 1 aliphatic heterocycles.